The molecule has 1 saturated heterocycles. The molecule has 2 N–H and O–H groups in total. The summed E-state index contributed by atoms with van der Waals surface area (Å²) >= 11 is 11.2. The van der Waals surface area contributed by atoms with Gasteiger partial charge in [0.15, 0.2) is 0 Å². The van der Waals surface area contributed by atoms with Crippen LogP contribution in [0.4, 0.5) is 0 Å². The second-order valence-corrected chi connectivity index (χ2v) is 6.69. The van der Waals surface area contributed by atoms with E-state index < -0.39 is 0 Å². The molecule has 0 bridgehead atoms. The molecule has 2 atom stereocenters. The Kier molecular flexibility index (Phi) is 4.30. The molecular formula is C11H16BrClN2S. The summed E-state index contributed by atoms with van der Waals surface area (Å²) in [4.78, 5) is 3.73. The van der Waals surface area contributed by atoms with E-state index in [9.17, 15) is 0 Å². The summed E-state index contributed by atoms with van der Waals surface area (Å²) in [6.45, 7) is 4.38. The van der Waals surface area contributed by atoms with E-state index in [1.54, 1.807) is 11.3 Å². The molecule has 1 aromatic heterocycles. The normalized spacial score (nSPS) is 27.2. The number of nitrogens with two attached hydrogens (primary N) is 1. The first-order valence-electron chi connectivity index (χ1n) is 5.57. The van der Waals surface area contributed by atoms with Crippen molar-refractivity contribution in [2.75, 3.05) is 13.1 Å². The van der Waals surface area contributed by atoms with Crippen molar-refractivity contribution in [1.82, 2.24) is 4.90 Å². The Morgan fingerprint density at radius 3 is 3.00 bits per heavy atom. The SMILES string of the molecule is CCN1CCCC(N)C1c1cc(Br)c(Cl)s1. The molecule has 2 heterocycles. The third-order valence-electron chi connectivity index (χ3n) is 3.14. The molecule has 0 radical (unpaired) electrons. The van der Waals surface area contributed by atoms with Gasteiger partial charge in [0, 0.05) is 15.4 Å². The van der Waals surface area contributed by atoms with Gasteiger partial charge in [0.1, 0.15) is 4.34 Å². The van der Waals surface area contributed by atoms with Gasteiger partial charge in [-0.25, -0.2) is 0 Å². The molecule has 1 aliphatic heterocycles. The summed E-state index contributed by atoms with van der Waals surface area (Å²) in [6, 6.07) is 2.69. The Bertz CT molecular complexity index is 349. The Morgan fingerprint density at radius 2 is 2.44 bits per heavy atom. The molecule has 16 heavy (non-hydrogen) atoms. The van der Waals surface area contributed by atoms with Crippen molar-refractivity contribution >= 4 is 38.9 Å². The maximum Gasteiger partial charge on any atom is 0.107 e. The molecule has 90 valence electrons. The molecule has 1 aromatic rings. The van der Waals surface area contributed by atoms with Crippen LogP contribution in [0.15, 0.2) is 10.5 Å². The number of halogens is 2. The van der Waals surface area contributed by atoms with Gasteiger partial charge in [-0.15, -0.1) is 11.3 Å². The van der Waals surface area contributed by atoms with E-state index in [-0.39, 0.29) is 6.04 Å². The van der Waals surface area contributed by atoms with E-state index in [0.717, 1.165) is 28.3 Å². The molecule has 0 aliphatic carbocycles. The van der Waals surface area contributed by atoms with Crippen molar-refractivity contribution < 1.29 is 0 Å². The van der Waals surface area contributed by atoms with Gasteiger partial charge in [-0.2, -0.15) is 0 Å². The first-order chi connectivity index (χ1) is 7.63. The Labute approximate surface area is 114 Å². The van der Waals surface area contributed by atoms with E-state index in [2.05, 4.69) is 33.8 Å². The standard InChI is InChI=1S/C11H16BrClN2S/c1-2-15-5-3-4-8(14)10(15)9-6-7(12)11(13)16-9/h6,8,10H,2-5,14H2,1H3. The van der Waals surface area contributed by atoms with Gasteiger partial charge in [-0.3, -0.25) is 4.90 Å². The molecule has 0 spiro atoms. The van der Waals surface area contributed by atoms with Crippen LogP contribution in [0.3, 0.4) is 0 Å². The van der Waals surface area contributed by atoms with Crippen molar-refractivity contribution in [2.24, 2.45) is 5.73 Å². The van der Waals surface area contributed by atoms with E-state index in [1.807, 2.05) is 0 Å². The van der Waals surface area contributed by atoms with Gasteiger partial charge in [0.05, 0.1) is 6.04 Å². The van der Waals surface area contributed by atoms with Crippen LogP contribution in [-0.2, 0) is 0 Å². The number of hydrogen-bond donors (Lipinski definition) is 1. The van der Waals surface area contributed by atoms with Crippen molar-refractivity contribution in [3.05, 3.63) is 19.8 Å². The minimum absolute atomic E-state index is 0.232. The van der Waals surface area contributed by atoms with Crippen LogP contribution in [0.2, 0.25) is 4.34 Å². The molecule has 0 aromatic carbocycles. The molecule has 1 aliphatic rings. The number of hydrogen-bond acceptors (Lipinski definition) is 3. The molecule has 2 nitrogen and oxygen atoms in total. The van der Waals surface area contributed by atoms with Crippen LogP contribution in [0.5, 0.6) is 0 Å². The average Bonchev–Trinajstić information content (AvgIpc) is 2.58. The van der Waals surface area contributed by atoms with Crippen LogP contribution < -0.4 is 5.73 Å². The number of nitrogens with zero attached hydrogens (tertiary/aromatic N) is 1. The predicted octanol–water partition coefficient (Wildman–Crippen LogP) is 3.65. The highest BCUT2D eigenvalue weighted by atomic mass is 79.9. The first-order valence-corrected chi connectivity index (χ1v) is 7.56. The van der Waals surface area contributed by atoms with Crippen LogP contribution in [0, 0.1) is 0 Å². The van der Waals surface area contributed by atoms with Gasteiger partial charge >= 0.3 is 0 Å². The van der Waals surface area contributed by atoms with Crippen molar-refractivity contribution in [3.63, 3.8) is 0 Å². The van der Waals surface area contributed by atoms with Crippen molar-refractivity contribution in [3.8, 4) is 0 Å². The number of likely N-dealkylation sites (N-methyl/N-ethyl adjacent to an activating group) is 1. The molecule has 2 rings (SSSR count). The molecule has 0 amide bonds. The molecular weight excluding hydrogens is 308 g/mol. The number of thiophene rings is 1. The lowest BCUT2D eigenvalue weighted by Gasteiger charge is -2.38. The second kappa shape index (κ2) is 5.36. The highest BCUT2D eigenvalue weighted by Crippen LogP contribution is 2.40. The lowest BCUT2D eigenvalue weighted by Crippen LogP contribution is -2.45. The first kappa shape index (κ1) is 12.8. The van der Waals surface area contributed by atoms with Crippen LogP contribution in [0.1, 0.15) is 30.7 Å². The van der Waals surface area contributed by atoms with Crippen molar-refractivity contribution in [2.45, 2.75) is 31.8 Å². The van der Waals surface area contributed by atoms with Gasteiger partial charge in [-0.05, 0) is 47.9 Å². The summed E-state index contributed by atoms with van der Waals surface area (Å²) in [5.41, 5.74) is 6.24. The van der Waals surface area contributed by atoms with Crippen LogP contribution in [-0.4, -0.2) is 24.0 Å². The lowest BCUT2D eigenvalue weighted by atomic mass is 9.96. The van der Waals surface area contributed by atoms with Gasteiger partial charge < -0.3 is 5.73 Å². The molecule has 2 unspecified atom stereocenters. The highest BCUT2D eigenvalue weighted by molar-refractivity contribution is 9.10. The zero-order chi connectivity index (χ0) is 11.7. The zero-order valence-corrected chi connectivity index (χ0v) is 12.4. The second-order valence-electron chi connectivity index (χ2n) is 4.15. The monoisotopic (exact) mass is 322 g/mol. The van der Waals surface area contributed by atoms with Gasteiger partial charge in [0.25, 0.3) is 0 Å². The molecule has 0 saturated carbocycles. The highest BCUT2D eigenvalue weighted by Gasteiger charge is 2.30. The van der Waals surface area contributed by atoms with Crippen LogP contribution >= 0.6 is 38.9 Å². The Balaban J connectivity index is 2.27. The van der Waals surface area contributed by atoms with Gasteiger partial charge in [0.2, 0.25) is 0 Å². The Hall–Kier alpha value is 0.390. The smallest absolute Gasteiger partial charge is 0.107 e. The molecule has 1 fully saturated rings. The third-order valence-corrected chi connectivity index (χ3v) is 5.69. The summed E-state index contributed by atoms with van der Waals surface area (Å²) in [5.74, 6) is 0. The van der Waals surface area contributed by atoms with E-state index in [0.29, 0.717) is 6.04 Å². The third kappa shape index (κ3) is 2.46. The largest absolute Gasteiger partial charge is 0.326 e. The molecule has 5 heteroatoms. The number of likely N-dealkylation sites (tertiary alicyclic amines) is 1. The summed E-state index contributed by atoms with van der Waals surface area (Å²) in [6.07, 6.45) is 2.31. The maximum absolute atomic E-state index is 6.24. The van der Waals surface area contributed by atoms with E-state index in [1.165, 1.54) is 11.3 Å². The van der Waals surface area contributed by atoms with Crippen LogP contribution in [0.25, 0.3) is 0 Å². The predicted molar refractivity (Wildman–Crippen MR) is 74.2 cm³/mol. The fourth-order valence-corrected chi connectivity index (χ4v) is 4.30. The van der Waals surface area contributed by atoms with E-state index >= 15 is 0 Å². The number of piperidine rings is 1. The summed E-state index contributed by atoms with van der Waals surface area (Å²) < 4.78 is 1.81. The maximum atomic E-state index is 6.24. The number of rotatable bonds is 2. The van der Waals surface area contributed by atoms with Crippen molar-refractivity contribution in [1.29, 1.82) is 0 Å². The topological polar surface area (TPSA) is 29.3 Å². The summed E-state index contributed by atoms with van der Waals surface area (Å²) in [7, 11) is 0. The quantitative estimate of drug-likeness (QED) is 0.900. The summed E-state index contributed by atoms with van der Waals surface area (Å²) in [5, 5.41) is 0. The lowest BCUT2D eigenvalue weighted by molar-refractivity contribution is 0.138. The van der Waals surface area contributed by atoms with Gasteiger partial charge in [-0.1, -0.05) is 18.5 Å². The fourth-order valence-electron chi connectivity index (χ4n) is 2.35. The Morgan fingerprint density at radius 1 is 1.69 bits per heavy atom. The fraction of sp³-hybridized carbons (Fsp3) is 0.636. The minimum Gasteiger partial charge on any atom is -0.326 e. The zero-order valence-electron chi connectivity index (χ0n) is 9.25. The average molecular weight is 324 g/mol. The van der Waals surface area contributed by atoms with E-state index in [4.69, 9.17) is 17.3 Å². The minimum atomic E-state index is 0.232.